The van der Waals surface area contributed by atoms with Gasteiger partial charge in [-0.1, -0.05) is 42.5 Å². The summed E-state index contributed by atoms with van der Waals surface area (Å²) in [5.41, 5.74) is 8.14. The van der Waals surface area contributed by atoms with Gasteiger partial charge in [-0.25, -0.2) is 0 Å². The van der Waals surface area contributed by atoms with Gasteiger partial charge in [-0.3, -0.25) is 0 Å². The Labute approximate surface area is 381 Å². The third-order valence-corrected chi connectivity index (χ3v) is 25.3. The van der Waals surface area contributed by atoms with Gasteiger partial charge in [-0.15, -0.1) is 0 Å². The molecule has 0 unspecified atom stereocenters. The quantitative estimate of drug-likeness (QED) is 0.144. The molecule has 0 fully saturated rings. The smallest absolute Gasteiger partial charge is 0.0592 e. The molecule has 0 aliphatic heterocycles. The zero-order chi connectivity index (χ0) is 41.2. The second kappa shape index (κ2) is 5.82. The van der Waals surface area contributed by atoms with Crippen LogP contribution in [0, 0.1) is 0 Å². The number of benzene rings is 20. The van der Waals surface area contributed by atoms with Crippen molar-refractivity contribution in [2.24, 2.45) is 0 Å². The minimum absolute atomic E-state index is 0.212. The van der Waals surface area contributed by atoms with Crippen molar-refractivity contribution in [3.05, 3.63) is 70.3 Å². The van der Waals surface area contributed by atoms with Crippen LogP contribution in [0.15, 0.2) is 42.5 Å². The first kappa shape index (κ1) is 25.5. The van der Waals surface area contributed by atoms with Crippen LogP contribution in [0.1, 0.15) is 33.7 Å². The fourth-order valence-corrected chi connectivity index (χ4v) is 25.2. The third kappa shape index (κ3) is 1.36. The Hall–Kier alpha value is -8.84. The number of fused-ring (bicyclic) bond motifs is 1. The van der Waals surface area contributed by atoms with Gasteiger partial charge in [-0.05, 0) is 329 Å². The van der Waals surface area contributed by atoms with E-state index in [1.165, 1.54) is 10.8 Å². The van der Waals surface area contributed by atoms with E-state index in [4.69, 9.17) is 0 Å². The first-order chi connectivity index (χ1) is 35.0. The summed E-state index contributed by atoms with van der Waals surface area (Å²) in [5.74, 6) is 0.212. The molecule has 0 atom stereocenters. The molecule has 0 bridgehead atoms. The maximum absolute atomic E-state index is 2.66. The van der Waals surface area contributed by atoms with Gasteiger partial charge in [0.25, 0.3) is 0 Å². The van der Waals surface area contributed by atoms with E-state index in [1.807, 2.05) is 0 Å². The van der Waals surface area contributed by atoms with Gasteiger partial charge < -0.3 is 0 Å². The summed E-state index contributed by atoms with van der Waals surface area (Å²) in [6.07, 6.45) is 0. The molecule has 4 aliphatic rings. The van der Waals surface area contributed by atoms with E-state index in [1.54, 1.807) is 319 Å². The summed E-state index contributed by atoms with van der Waals surface area (Å²) in [5, 5.41) is 92.8. The van der Waals surface area contributed by atoms with Crippen molar-refractivity contribution in [1.29, 1.82) is 0 Å². The van der Waals surface area contributed by atoms with Crippen molar-refractivity contribution in [3.8, 4) is 0 Å². The fraction of sp³-hybridized carbons (Fsp3) is 0.0286. The SMILES string of the molecule is c1ccc2c(C34c5c6c7c8c9c%10c(c%11c%12c3c3c5c5c%13c6c6c7c7c9c9c%14c%10c%10c%11c%11c%12c%12c3c3c5c5c%13c%13c6c6c7c9c7c9c%14c%10c%10c%11c%11c%12c3c3c5c5c%13c6c7c6c9c%10c%11c3c56)C84)cccc2c1. The van der Waals surface area contributed by atoms with E-state index in [2.05, 4.69) is 42.5 Å². The Bertz CT molecular complexity index is 7360. The lowest BCUT2D eigenvalue weighted by Crippen LogP contribution is -2.38. The van der Waals surface area contributed by atoms with Gasteiger partial charge in [0.1, 0.15) is 0 Å². The summed E-state index contributed by atoms with van der Waals surface area (Å²) in [7, 11) is 0. The Balaban J connectivity index is 1.19. The van der Waals surface area contributed by atoms with Gasteiger partial charge >= 0.3 is 0 Å². The zero-order valence-corrected chi connectivity index (χ0v) is 35.6. The molecular formula is C70H8. The van der Waals surface area contributed by atoms with Crippen molar-refractivity contribution in [1.82, 2.24) is 0 Å². The molecule has 0 heterocycles. The Kier molecular flexibility index (Phi) is 2.12. The van der Waals surface area contributed by atoms with E-state index in [0.717, 1.165) is 0 Å². The molecular weight excluding hydrogens is 841 g/mol. The Morgan fingerprint density at radius 3 is 0.714 bits per heavy atom. The maximum Gasteiger partial charge on any atom is 0.0592 e. The van der Waals surface area contributed by atoms with Crippen LogP contribution < -0.4 is 0 Å². The topological polar surface area (TPSA) is 0 Å². The molecule has 30 aromatic rings. The molecule has 34 rings (SSSR count). The molecule has 0 saturated heterocycles. The average Bonchev–Trinajstić information content (AvgIpc) is 4.34. The van der Waals surface area contributed by atoms with E-state index in [9.17, 15) is 0 Å². The highest BCUT2D eigenvalue weighted by molar-refractivity contribution is 6.82. The Morgan fingerprint density at radius 2 is 0.414 bits per heavy atom. The Morgan fingerprint density at radius 1 is 0.200 bits per heavy atom. The molecule has 0 spiro atoms. The van der Waals surface area contributed by atoms with Crippen LogP contribution in [0.25, 0.3) is 302 Å². The van der Waals surface area contributed by atoms with Gasteiger partial charge in [0.2, 0.25) is 0 Å². The molecule has 0 heteroatoms. The molecule has 4 aliphatic carbocycles. The largest absolute Gasteiger partial charge is 0.0616 e. The summed E-state index contributed by atoms with van der Waals surface area (Å²) in [4.78, 5) is 0. The van der Waals surface area contributed by atoms with E-state index < -0.39 is 0 Å². The molecule has 0 aromatic heterocycles. The predicted molar refractivity (Wildman–Crippen MR) is 298 cm³/mol. The van der Waals surface area contributed by atoms with Crippen molar-refractivity contribution in [2.75, 3.05) is 0 Å². The molecule has 288 valence electrons. The first-order valence-electron chi connectivity index (χ1n) is 26.2. The van der Waals surface area contributed by atoms with Crippen LogP contribution in [-0.2, 0) is 5.41 Å². The lowest BCUT2D eigenvalue weighted by atomic mass is 9.54. The van der Waals surface area contributed by atoms with Crippen LogP contribution >= 0.6 is 0 Å². The lowest BCUT2D eigenvalue weighted by molar-refractivity contribution is 0.572. The van der Waals surface area contributed by atoms with Crippen molar-refractivity contribution >= 4 is 302 Å². The van der Waals surface area contributed by atoms with Crippen molar-refractivity contribution in [2.45, 2.75) is 11.3 Å². The van der Waals surface area contributed by atoms with Gasteiger partial charge in [0.05, 0.1) is 5.41 Å². The fourth-order valence-electron chi connectivity index (χ4n) is 25.2. The molecule has 70 heavy (non-hydrogen) atoms. The monoisotopic (exact) mass is 848 g/mol. The van der Waals surface area contributed by atoms with E-state index >= 15 is 0 Å². The van der Waals surface area contributed by atoms with Crippen molar-refractivity contribution < 1.29 is 0 Å². The number of hydrogen-bond donors (Lipinski definition) is 0. The number of hydrogen-bond acceptors (Lipinski definition) is 0. The van der Waals surface area contributed by atoms with E-state index in [-0.39, 0.29) is 11.3 Å². The third-order valence-electron chi connectivity index (χ3n) is 25.3. The first-order valence-corrected chi connectivity index (χ1v) is 26.2. The molecule has 0 nitrogen and oxygen atoms in total. The van der Waals surface area contributed by atoms with Gasteiger partial charge in [-0.2, -0.15) is 0 Å². The summed E-state index contributed by atoms with van der Waals surface area (Å²) >= 11 is 0. The summed E-state index contributed by atoms with van der Waals surface area (Å²) in [6.45, 7) is 0. The van der Waals surface area contributed by atoms with Gasteiger partial charge in [0, 0.05) is 5.92 Å². The predicted octanol–water partition coefficient (Wildman–Crippen LogP) is 19.3. The average molecular weight is 849 g/mol. The summed E-state index contributed by atoms with van der Waals surface area (Å²) in [6, 6.07) is 17.1. The molecule has 30 aromatic carbocycles. The van der Waals surface area contributed by atoms with Crippen LogP contribution in [0.3, 0.4) is 0 Å². The normalized spacial score (nSPS) is 20.8. The van der Waals surface area contributed by atoms with Crippen LogP contribution in [0.4, 0.5) is 0 Å². The minimum Gasteiger partial charge on any atom is -0.0616 e. The molecule has 0 radical (unpaired) electrons. The van der Waals surface area contributed by atoms with Crippen LogP contribution in [-0.4, -0.2) is 0 Å². The standard InChI is InChI=1S/C70H8/c1-2-6-9-8(4-1)5-3-7-10(9)70-67-63-57-43-35-27-15-12-11-13-16(15)28-30-26-20(13)22-18-14(11)17-21-19(12)25-29(27)41(43)49-47-33(25)31(21)39-37-23(17)24(18)38-40-32(22)34(26)48-50-42(30)44(36(28)35)58(57)64(67)60(50)62-54(48)52(40)56-46(38)45(37)55-51(39)53(47)61(59(49)63)68(70)65(55)66(56)69(62)70/h1-7,67H. The van der Waals surface area contributed by atoms with Crippen LogP contribution in [0.5, 0.6) is 0 Å². The second-order valence-electron chi connectivity index (χ2n) is 25.6. The van der Waals surface area contributed by atoms with E-state index in [0.29, 0.717) is 0 Å². The van der Waals surface area contributed by atoms with Gasteiger partial charge in [0.15, 0.2) is 0 Å². The summed E-state index contributed by atoms with van der Waals surface area (Å²) < 4.78 is 0. The highest BCUT2D eigenvalue weighted by atomic mass is 14.6. The molecule has 0 N–H and O–H groups in total. The molecule has 0 saturated carbocycles. The zero-order valence-electron chi connectivity index (χ0n) is 35.6. The highest BCUT2D eigenvalue weighted by Crippen LogP contribution is 2.84. The van der Waals surface area contributed by atoms with Crippen molar-refractivity contribution in [3.63, 3.8) is 0 Å². The van der Waals surface area contributed by atoms with Crippen LogP contribution in [0.2, 0.25) is 0 Å². The lowest BCUT2D eigenvalue weighted by Gasteiger charge is -2.46. The molecule has 0 amide bonds. The maximum atomic E-state index is 2.66. The number of rotatable bonds is 1. The highest BCUT2D eigenvalue weighted by Gasteiger charge is 2.64. The minimum atomic E-state index is -0.369. The second-order valence-corrected chi connectivity index (χ2v) is 25.6.